The molecule has 0 aromatic heterocycles. The third-order valence-electron chi connectivity index (χ3n) is 9.17. The molecule has 0 saturated carbocycles. The number of thioether (sulfide) groups is 1. The zero-order valence-corrected chi connectivity index (χ0v) is 27.6. The lowest BCUT2D eigenvalue weighted by Crippen LogP contribution is -2.51. The number of fused-ring (bicyclic) bond motifs is 1. The maximum Gasteiger partial charge on any atom is 0.328 e. The second kappa shape index (κ2) is 12.1. The fourth-order valence-electron chi connectivity index (χ4n) is 7.06. The van der Waals surface area contributed by atoms with E-state index in [1.54, 1.807) is 9.80 Å². The van der Waals surface area contributed by atoms with Gasteiger partial charge in [0.2, 0.25) is 5.91 Å². The topological polar surface area (TPSA) is 82.5 Å². The van der Waals surface area contributed by atoms with Crippen molar-refractivity contribution in [2.75, 3.05) is 20.2 Å². The summed E-state index contributed by atoms with van der Waals surface area (Å²) in [5.41, 5.74) is 2.26. The largest absolute Gasteiger partial charge is 0.467 e. The van der Waals surface area contributed by atoms with Crippen molar-refractivity contribution in [2.45, 2.75) is 70.1 Å². The van der Waals surface area contributed by atoms with E-state index in [0.29, 0.717) is 40.9 Å². The Labute approximate surface area is 272 Å². The lowest BCUT2D eigenvalue weighted by Gasteiger charge is -2.37. The number of allylic oxidation sites excluding steroid dienone is 1. The van der Waals surface area contributed by atoms with Crippen molar-refractivity contribution >= 4 is 57.9 Å². The van der Waals surface area contributed by atoms with Crippen molar-refractivity contribution in [1.82, 2.24) is 14.7 Å². The molecule has 0 bridgehead atoms. The number of halogens is 2. The summed E-state index contributed by atoms with van der Waals surface area (Å²) in [6, 6.07) is 14.1. The van der Waals surface area contributed by atoms with E-state index in [1.807, 2.05) is 48.5 Å². The first-order valence-corrected chi connectivity index (χ1v) is 16.6. The minimum absolute atomic E-state index is 0.00411. The number of nitrogens with zero attached hydrogens (tertiary/aromatic N) is 4. The van der Waals surface area contributed by atoms with E-state index in [9.17, 15) is 14.4 Å². The van der Waals surface area contributed by atoms with Crippen LogP contribution in [0.1, 0.15) is 63.6 Å². The Bertz CT molecular complexity index is 1540. The second-order valence-electron chi connectivity index (χ2n) is 12.2. The molecule has 0 spiro atoms. The maximum absolute atomic E-state index is 14.4. The van der Waals surface area contributed by atoms with E-state index >= 15 is 0 Å². The summed E-state index contributed by atoms with van der Waals surface area (Å²) in [6.45, 7) is 7.25. The maximum atomic E-state index is 14.4. The zero-order chi connectivity index (χ0) is 31.3. The highest BCUT2D eigenvalue weighted by Crippen LogP contribution is 2.56. The van der Waals surface area contributed by atoms with Gasteiger partial charge in [-0.15, -0.1) is 0 Å². The van der Waals surface area contributed by atoms with Crippen LogP contribution in [0.2, 0.25) is 10.0 Å². The number of esters is 1. The van der Waals surface area contributed by atoms with Crippen LogP contribution in [0.5, 0.6) is 0 Å². The van der Waals surface area contributed by atoms with Crippen molar-refractivity contribution in [3.05, 3.63) is 80.3 Å². The molecule has 2 amide bonds. The monoisotopic (exact) mass is 654 g/mol. The number of hydrogen-bond donors (Lipinski definition) is 0. The second-order valence-corrected chi connectivity index (χ2v) is 14.1. The van der Waals surface area contributed by atoms with E-state index in [-0.39, 0.29) is 23.8 Å². The number of amidine groups is 1. The van der Waals surface area contributed by atoms with Crippen LogP contribution in [0.3, 0.4) is 0 Å². The molecule has 2 aromatic carbocycles. The smallest absolute Gasteiger partial charge is 0.328 e. The minimum atomic E-state index is -0.666. The predicted molar refractivity (Wildman–Crippen MR) is 173 cm³/mol. The van der Waals surface area contributed by atoms with Crippen molar-refractivity contribution in [3.8, 4) is 0 Å². The highest BCUT2D eigenvalue weighted by molar-refractivity contribution is 8.18. The molecule has 2 fully saturated rings. The predicted octanol–water partition coefficient (Wildman–Crippen LogP) is 6.39. The van der Waals surface area contributed by atoms with E-state index in [0.717, 1.165) is 34.8 Å². The summed E-state index contributed by atoms with van der Waals surface area (Å²) >= 11 is 13.9. The first kappa shape index (κ1) is 31.0. The standard InChI is InChI=1S/C33H36Cl2N4O4S/c1-19(2)26-27(30(41)37-17-5-7-24(37)29(40)38-18-6-8-25(38)31(42)43-4)44-32-36-33(3,21-11-15-23(35)16-12-21)28(39(26)32)20-9-13-22(34)14-10-20/h9-16,19,24-25,28H,5-8,17-18H2,1-4H3/t24-,25-,28+,33-/m0/s1. The Morgan fingerprint density at radius 3 is 2.14 bits per heavy atom. The highest BCUT2D eigenvalue weighted by atomic mass is 35.5. The molecule has 2 saturated heterocycles. The van der Waals surface area contributed by atoms with Gasteiger partial charge in [-0.2, -0.15) is 0 Å². The molecule has 4 heterocycles. The summed E-state index contributed by atoms with van der Waals surface area (Å²) < 4.78 is 4.97. The molecule has 8 nitrogen and oxygen atoms in total. The minimum Gasteiger partial charge on any atom is -0.467 e. The molecule has 44 heavy (non-hydrogen) atoms. The van der Waals surface area contributed by atoms with Gasteiger partial charge in [0.1, 0.15) is 22.5 Å². The number of carbonyl (C=O) groups is 3. The Morgan fingerprint density at radius 1 is 0.932 bits per heavy atom. The third kappa shape index (κ3) is 5.20. The van der Waals surface area contributed by atoms with Crippen LogP contribution in [-0.2, 0) is 24.7 Å². The van der Waals surface area contributed by atoms with Gasteiger partial charge in [-0.25, -0.2) is 9.79 Å². The number of ether oxygens (including phenoxy) is 1. The average molecular weight is 656 g/mol. The molecular formula is C33H36Cl2N4O4S. The van der Waals surface area contributed by atoms with Crippen LogP contribution in [0, 0.1) is 5.92 Å². The summed E-state index contributed by atoms with van der Waals surface area (Å²) in [6.07, 6.45) is 2.60. The summed E-state index contributed by atoms with van der Waals surface area (Å²) in [5.74, 6) is -0.747. The first-order valence-electron chi connectivity index (χ1n) is 15.1. The average Bonchev–Trinajstić information content (AvgIpc) is 3.80. The molecule has 0 aliphatic carbocycles. The fraction of sp³-hybridized carbons (Fsp3) is 0.455. The number of methoxy groups -OCH3 is 1. The number of likely N-dealkylation sites (tertiary alicyclic amines) is 2. The molecule has 11 heteroatoms. The quantitative estimate of drug-likeness (QED) is 0.336. The van der Waals surface area contributed by atoms with Gasteiger partial charge in [0.25, 0.3) is 5.91 Å². The van der Waals surface area contributed by atoms with Gasteiger partial charge in [0, 0.05) is 28.8 Å². The van der Waals surface area contributed by atoms with Gasteiger partial charge in [0.15, 0.2) is 5.17 Å². The lowest BCUT2D eigenvalue weighted by molar-refractivity contribution is -0.153. The molecule has 0 radical (unpaired) electrons. The van der Waals surface area contributed by atoms with Gasteiger partial charge >= 0.3 is 5.97 Å². The number of amides is 2. The molecule has 0 N–H and O–H groups in total. The molecule has 232 valence electrons. The fourth-order valence-corrected chi connectivity index (χ4v) is 8.68. The van der Waals surface area contributed by atoms with Crippen LogP contribution in [0.15, 0.2) is 64.1 Å². The van der Waals surface area contributed by atoms with Crippen LogP contribution in [-0.4, -0.2) is 69.9 Å². The molecule has 4 atom stereocenters. The van der Waals surface area contributed by atoms with Crippen molar-refractivity contribution in [3.63, 3.8) is 0 Å². The van der Waals surface area contributed by atoms with Crippen LogP contribution in [0.25, 0.3) is 0 Å². The van der Waals surface area contributed by atoms with E-state index < -0.39 is 23.6 Å². The molecule has 6 rings (SSSR count). The number of hydrogen-bond acceptors (Lipinski definition) is 7. The Hall–Kier alpha value is -3.01. The highest BCUT2D eigenvalue weighted by Gasteiger charge is 2.54. The van der Waals surface area contributed by atoms with Gasteiger partial charge in [-0.05, 0) is 85.7 Å². The van der Waals surface area contributed by atoms with E-state index in [2.05, 4.69) is 25.7 Å². The van der Waals surface area contributed by atoms with Gasteiger partial charge in [-0.3, -0.25) is 9.59 Å². The zero-order valence-electron chi connectivity index (χ0n) is 25.3. The van der Waals surface area contributed by atoms with Gasteiger partial charge in [-0.1, -0.05) is 61.3 Å². The number of carbonyl (C=O) groups excluding carboxylic acids is 3. The van der Waals surface area contributed by atoms with Gasteiger partial charge < -0.3 is 19.4 Å². The SMILES string of the molecule is COC(=O)[C@@H]1CCCN1C(=O)[C@@H]1CCCN1C(=O)C1=C(C(C)C)N2C(=N[C@@](C)(c3ccc(Cl)cc3)[C@H]2c2ccc(Cl)cc2)S1. The van der Waals surface area contributed by atoms with E-state index in [1.165, 1.54) is 18.9 Å². The van der Waals surface area contributed by atoms with Crippen LogP contribution in [0.4, 0.5) is 0 Å². The summed E-state index contributed by atoms with van der Waals surface area (Å²) in [5, 5.41) is 2.05. The van der Waals surface area contributed by atoms with E-state index in [4.69, 9.17) is 32.9 Å². The Balaban J connectivity index is 1.37. The summed E-state index contributed by atoms with van der Waals surface area (Å²) in [7, 11) is 1.34. The molecule has 4 aliphatic heterocycles. The van der Waals surface area contributed by atoms with Crippen molar-refractivity contribution in [2.24, 2.45) is 10.9 Å². The molecule has 4 aliphatic rings. The Kier molecular flexibility index (Phi) is 8.50. The normalized spacial score (nSPS) is 26.5. The van der Waals surface area contributed by atoms with Crippen molar-refractivity contribution < 1.29 is 19.1 Å². The molecule has 2 aromatic rings. The molecule has 0 unspecified atom stereocenters. The lowest BCUT2D eigenvalue weighted by atomic mass is 9.81. The molecular weight excluding hydrogens is 619 g/mol. The first-order chi connectivity index (χ1) is 21.0. The number of aliphatic imine (C=N–C) groups is 1. The number of benzene rings is 2. The third-order valence-corrected chi connectivity index (χ3v) is 10.7. The Morgan fingerprint density at radius 2 is 1.52 bits per heavy atom. The van der Waals surface area contributed by atoms with Gasteiger partial charge in [0.05, 0.1) is 13.2 Å². The van der Waals surface area contributed by atoms with Crippen LogP contribution < -0.4 is 0 Å². The summed E-state index contributed by atoms with van der Waals surface area (Å²) in [4.78, 5) is 52.0. The van der Waals surface area contributed by atoms with Crippen molar-refractivity contribution in [1.29, 1.82) is 0 Å². The number of rotatable bonds is 6. The van der Waals surface area contributed by atoms with Crippen LogP contribution >= 0.6 is 35.0 Å².